The molecule has 0 aliphatic heterocycles. The van der Waals surface area contributed by atoms with Gasteiger partial charge in [-0.1, -0.05) is 0 Å². The Morgan fingerprint density at radius 2 is 1.27 bits per heavy atom. The molecule has 0 unspecified atom stereocenters. The van der Waals surface area contributed by atoms with Gasteiger partial charge in [0.2, 0.25) is 0 Å². The van der Waals surface area contributed by atoms with Crippen LogP contribution in [0.25, 0.3) is 0 Å². The maximum atomic E-state index is 4.93. The number of allylic oxidation sites excluding steroid dienone is 8. The van der Waals surface area contributed by atoms with Crippen molar-refractivity contribution in [2.45, 2.75) is 12.8 Å². The molecule has 5 heteroatoms. The van der Waals surface area contributed by atoms with Crippen LogP contribution in [0.2, 0.25) is 0 Å². The van der Waals surface area contributed by atoms with E-state index in [9.17, 15) is 0 Å². The molecule has 0 bridgehead atoms. The number of rotatable bonds is 0. The van der Waals surface area contributed by atoms with E-state index in [4.69, 9.17) is 18.8 Å². The van der Waals surface area contributed by atoms with Crippen LogP contribution in [0.15, 0.2) is 44.9 Å². The first-order chi connectivity index (χ1) is 7.20. The normalized spacial score (nSPS) is 16.1. The van der Waals surface area contributed by atoms with Crippen molar-refractivity contribution in [2.24, 2.45) is 0 Å². The van der Waals surface area contributed by atoms with E-state index in [1.165, 1.54) is 21.3 Å². The summed E-state index contributed by atoms with van der Waals surface area (Å²) < 4.78 is 2.94. The molecule has 0 radical (unpaired) electrons. The molecule has 0 aromatic carbocycles. The Balaban J connectivity index is 0.000000210. The van der Waals surface area contributed by atoms with Gasteiger partial charge in [0.15, 0.2) is 0 Å². The molecule has 0 heterocycles. The van der Waals surface area contributed by atoms with Gasteiger partial charge < -0.3 is 0 Å². The Labute approximate surface area is 127 Å². The Morgan fingerprint density at radius 1 is 0.933 bits per heavy atom. The Kier molecular flexibility index (Phi) is 13.0. The predicted molar refractivity (Wildman–Crippen MR) is 66.9 cm³/mol. The zero-order chi connectivity index (χ0) is 11.5. The second-order valence-electron chi connectivity index (χ2n) is 3.35. The van der Waals surface area contributed by atoms with Crippen molar-refractivity contribution in [3.8, 4) is 0 Å². The molecule has 2 rings (SSSR count). The average molecular weight is 399 g/mol. The molecule has 0 amide bonds. The summed E-state index contributed by atoms with van der Waals surface area (Å²) in [6.45, 7) is 0. The molecule has 0 atom stereocenters. The van der Waals surface area contributed by atoms with Crippen LogP contribution >= 0.6 is 18.8 Å². The van der Waals surface area contributed by atoms with Crippen LogP contribution in [0.1, 0.15) is 12.8 Å². The summed E-state index contributed by atoms with van der Waals surface area (Å²) in [5.74, 6) is 0. The molecule has 0 saturated heterocycles. The van der Waals surface area contributed by atoms with Crippen molar-refractivity contribution in [2.75, 3.05) is 0 Å². The maximum absolute atomic E-state index is 4.93. The minimum atomic E-state index is -0.806. The molecule has 2 aliphatic rings. The van der Waals surface area contributed by atoms with Gasteiger partial charge in [0.1, 0.15) is 0 Å². The van der Waals surface area contributed by atoms with Gasteiger partial charge in [-0.2, -0.15) is 0 Å². The summed E-state index contributed by atoms with van der Waals surface area (Å²) in [5.41, 5.74) is 0. The van der Waals surface area contributed by atoms with E-state index >= 15 is 0 Å². The fourth-order valence-electron chi connectivity index (χ4n) is 1.11. The average Bonchev–Trinajstić information content (AvgIpc) is 2.81. The molecule has 0 N–H and O–H groups in total. The van der Waals surface area contributed by atoms with Crippen LogP contribution in [-0.4, -0.2) is 35.4 Å². The van der Waals surface area contributed by atoms with Gasteiger partial charge in [-0.05, 0) is 0 Å². The zero-order valence-corrected chi connectivity index (χ0v) is 13.5. The Hall–Kier alpha value is 1.42. The summed E-state index contributed by atoms with van der Waals surface area (Å²) in [4.78, 5) is 0. The summed E-state index contributed by atoms with van der Waals surface area (Å²) >= 11 is 3.47. The van der Waals surface area contributed by atoms with Crippen LogP contribution in [0.5, 0.6) is 0 Å². The van der Waals surface area contributed by atoms with E-state index in [-0.39, 0.29) is 0 Å². The minimum absolute atomic E-state index is 0.806. The predicted octanol–water partition coefficient (Wildman–Crippen LogP) is 3.37. The standard InChI is InChI=1S/2C5H5.2ClH.2Li.W/c2*1-2-4-5-3-1;;;;;/h2*1-3H,4H2;2*1H;;;/q;;;;;;+2/p-2. The van der Waals surface area contributed by atoms with E-state index in [1.807, 2.05) is 0 Å². The van der Waals surface area contributed by atoms with Crippen LogP contribution in [-0.2, 0) is 16.5 Å². The first kappa shape index (κ1) is 16.4. The van der Waals surface area contributed by atoms with Crippen LogP contribution in [0.4, 0.5) is 0 Å². The third-order valence-corrected chi connectivity index (χ3v) is 1.91. The molecule has 0 nitrogen and oxygen atoms in total. The van der Waals surface area contributed by atoms with Gasteiger partial charge in [-0.3, -0.25) is 0 Å². The molecule has 0 spiro atoms. The Bertz CT molecular complexity index is 255. The van der Waals surface area contributed by atoms with Gasteiger partial charge in [0.25, 0.3) is 0 Å². The fraction of sp³-hybridized carbons (Fsp3) is 0.200. The summed E-state index contributed by atoms with van der Waals surface area (Å²) in [6, 6.07) is 0. The van der Waals surface area contributed by atoms with E-state index in [1.54, 1.807) is 0 Å². The first-order valence-corrected chi connectivity index (χ1v) is 12.0. The SMILES string of the molecule is [Cl][W][Cl].[Li][C]1=CC=CC1.[Li][C]1=CC=CC1. The third-order valence-electron chi connectivity index (χ3n) is 1.91. The van der Waals surface area contributed by atoms with Crippen molar-refractivity contribution in [1.82, 2.24) is 0 Å². The second kappa shape index (κ2) is 11.9. The molecule has 0 aromatic rings. The molecule has 0 saturated carbocycles. The second-order valence-corrected chi connectivity index (χ2v) is 7.59. The first-order valence-electron chi connectivity index (χ1n) is 4.74. The third kappa shape index (κ3) is 11.7. The molecule has 72 valence electrons. The number of halogens is 2. The topological polar surface area (TPSA) is 0 Å². The van der Waals surface area contributed by atoms with Gasteiger partial charge in [-0.15, -0.1) is 0 Å². The molecule has 15 heavy (non-hydrogen) atoms. The van der Waals surface area contributed by atoms with Gasteiger partial charge in [0, 0.05) is 0 Å². The molecule has 2 aliphatic carbocycles. The van der Waals surface area contributed by atoms with E-state index in [0.29, 0.717) is 0 Å². The quantitative estimate of drug-likeness (QED) is 0.549. The van der Waals surface area contributed by atoms with Crippen LogP contribution in [0, 0.1) is 0 Å². The van der Waals surface area contributed by atoms with Crippen molar-refractivity contribution < 1.29 is 16.5 Å². The molecule has 0 aromatic heterocycles. The van der Waals surface area contributed by atoms with Gasteiger partial charge in [-0.25, -0.2) is 0 Å². The monoisotopic (exact) mass is 398 g/mol. The van der Waals surface area contributed by atoms with E-state index in [2.05, 4.69) is 71.9 Å². The van der Waals surface area contributed by atoms with Crippen LogP contribution < -0.4 is 0 Å². The Morgan fingerprint density at radius 3 is 1.33 bits per heavy atom. The molecule has 0 fully saturated rings. The zero-order valence-electron chi connectivity index (χ0n) is 9.04. The van der Waals surface area contributed by atoms with Crippen molar-refractivity contribution in [1.29, 1.82) is 0 Å². The number of hydrogen-bond donors (Lipinski definition) is 0. The molecular formula is C10H10Cl2Li2W. The number of hydrogen-bond acceptors (Lipinski definition) is 0. The fourth-order valence-corrected chi connectivity index (χ4v) is 1.11. The van der Waals surface area contributed by atoms with E-state index < -0.39 is 16.5 Å². The summed E-state index contributed by atoms with van der Waals surface area (Å²) in [6.07, 6.45) is 15.1. The van der Waals surface area contributed by atoms with Crippen molar-refractivity contribution >= 4 is 54.3 Å². The molecular weight excluding hydrogens is 389 g/mol. The summed E-state index contributed by atoms with van der Waals surface area (Å²) in [5, 5.41) is 0. The van der Waals surface area contributed by atoms with Gasteiger partial charge in [0.05, 0.1) is 0 Å². The summed E-state index contributed by atoms with van der Waals surface area (Å²) in [7, 11) is 9.86. The van der Waals surface area contributed by atoms with Crippen LogP contribution in [0.3, 0.4) is 0 Å². The van der Waals surface area contributed by atoms with E-state index in [0.717, 1.165) is 0 Å². The van der Waals surface area contributed by atoms with Gasteiger partial charge >= 0.3 is 129 Å². The van der Waals surface area contributed by atoms with Crippen molar-refractivity contribution in [3.63, 3.8) is 0 Å². The van der Waals surface area contributed by atoms with Crippen molar-refractivity contribution in [3.05, 3.63) is 44.9 Å².